The minimum absolute atomic E-state index is 0.0232. The summed E-state index contributed by atoms with van der Waals surface area (Å²) in [5, 5.41) is 0. The first-order valence-electron chi connectivity index (χ1n) is 5.88. The summed E-state index contributed by atoms with van der Waals surface area (Å²) in [5.74, 6) is 0.829. The van der Waals surface area contributed by atoms with Gasteiger partial charge in [-0.2, -0.15) is 0 Å². The van der Waals surface area contributed by atoms with Gasteiger partial charge in [0.05, 0.1) is 0 Å². The van der Waals surface area contributed by atoms with Crippen molar-refractivity contribution in [2.24, 2.45) is 5.73 Å². The molecule has 3 nitrogen and oxygen atoms in total. The van der Waals surface area contributed by atoms with Gasteiger partial charge in [-0.25, -0.2) is 9.97 Å². The number of halogens is 1. The molecule has 2 aromatic rings. The maximum Gasteiger partial charge on any atom is 0.132 e. The fourth-order valence-corrected chi connectivity index (χ4v) is 2.33. The van der Waals surface area contributed by atoms with Crippen LogP contribution in [-0.2, 0) is 6.42 Å². The summed E-state index contributed by atoms with van der Waals surface area (Å²) in [7, 11) is 0. The predicted molar refractivity (Wildman–Crippen MR) is 76.3 cm³/mol. The van der Waals surface area contributed by atoms with E-state index in [2.05, 4.69) is 38.0 Å². The molecule has 0 bridgehead atoms. The molecule has 0 saturated carbocycles. The van der Waals surface area contributed by atoms with Crippen molar-refractivity contribution in [3.63, 3.8) is 0 Å². The number of nitrogens with zero attached hydrogens (tertiary/aromatic N) is 2. The van der Waals surface area contributed by atoms with E-state index in [0.717, 1.165) is 28.0 Å². The van der Waals surface area contributed by atoms with Crippen LogP contribution >= 0.6 is 15.9 Å². The minimum Gasteiger partial charge on any atom is -0.324 e. The number of aromatic nitrogens is 2. The monoisotopic (exact) mass is 305 g/mol. The zero-order valence-corrected chi connectivity index (χ0v) is 12.1. The zero-order valence-electron chi connectivity index (χ0n) is 10.5. The summed E-state index contributed by atoms with van der Waals surface area (Å²) >= 11 is 3.46. The number of hydrogen-bond acceptors (Lipinski definition) is 3. The lowest BCUT2D eigenvalue weighted by Crippen LogP contribution is -2.10. The SMILES string of the molecule is Cc1nc(Cc2cccc(Br)c2)ncc1C(C)N. The van der Waals surface area contributed by atoms with Crippen LogP contribution in [-0.4, -0.2) is 9.97 Å². The Morgan fingerprint density at radius 1 is 1.39 bits per heavy atom. The van der Waals surface area contributed by atoms with Gasteiger partial charge in [0, 0.05) is 34.4 Å². The van der Waals surface area contributed by atoms with E-state index in [1.54, 1.807) is 0 Å². The highest BCUT2D eigenvalue weighted by atomic mass is 79.9. The van der Waals surface area contributed by atoms with Gasteiger partial charge in [-0.1, -0.05) is 28.1 Å². The molecule has 2 rings (SSSR count). The molecule has 18 heavy (non-hydrogen) atoms. The summed E-state index contributed by atoms with van der Waals surface area (Å²) in [5.41, 5.74) is 9.01. The molecule has 94 valence electrons. The molecule has 1 unspecified atom stereocenters. The van der Waals surface area contributed by atoms with Crippen molar-refractivity contribution < 1.29 is 0 Å². The van der Waals surface area contributed by atoms with Crippen LogP contribution in [0.4, 0.5) is 0 Å². The van der Waals surface area contributed by atoms with Gasteiger partial charge in [0.25, 0.3) is 0 Å². The molecular formula is C14H16BrN3. The first-order chi connectivity index (χ1) is 8.56. The Bertz CT molecular complexity index is 552. The van der Waals surface area contributed by atoms with Crippen LogP contribution in [0, 0.1) is 6.92 Å². The lowest BCUT2D eigenvalue weighted by Gasteiger charge is -2.09. The van der Waals surface area contributed by atoms with Crippen LogP contribution in [0.1, 0.15) is 35.6 Å². The summed E-state index contributed by atoms with van der Waals surface area (Å²) in [6.45, 7) is 3.92. The fourth-order valence-electron chi connectivity index (χ4n) is 1.89. The second kappa shape index (κ2) is 5.59. The first-order valence-corrected chi connectivity index (χ1v) is 6.68. The van der Waals surface area contributed by atoms with Crippen LogP contribution in [0.2, 0.25) is 0 Å². The number of benzene rings is 1. The zero-order chi connectivity index (χ0) is 13.1. The lowest BCUT2D eigenvalue weighted by molar-refractivity contribution is 0.777. The van der Waals surface area contributed by atoms with Crippen LogP contribution in [0.3, 0.4) is 0 Å². The summed E-state index contributed by atoms with van der Waals surface area (Å²) < 4.78 is 1.07. The van der Waals surface area contributed by atoms with Gasteiger partial charge >= 0.3 is 0 Å². The molecule has 0 aliphatic carbocycles. The molecule has 4 heteroatoms. The molecule has 0 aliphatic rings. The molecule has 0 fully saturated rings. The quantitative estimate of drug-likeness (QED) is 0.947. The first kappa shape index (κ1) is 13.2. The maximum atomic E-state index is 5.85. The Kier molecular flexibility index (Phi) is 4.09. The third-order valence-electron chi connectivity index (χ3n) is 2.81. The molecule has 0 amide bonds. The van der Waals surface area contributed by atoms with E-state index >= 15 is 0 Å². The normalized spacial score (nSPS) is 12.4. The lowest BCUT2D eigenvalue weighted by atomic mass is 10.1. The topological polar surface area (TPSA) is 51.8 Å². The van der Waals surface area contributed by atoms with Crippen molar-refractivity contribution in [3.8, 4) is 0 Å². The molecule has 2 N–H and O–H groups in total. The number of nitrogens with two attached hydrogens (primary N) is 1. The third kappa shape index (κ3) is 3.15. The van der Waals surface area contributed by atoms with Crippen LogP contribution < -0.4 is 5.73 Å². The highest BCUT2D eigenvalue weighted by molar-refractivity contribution is 9.10. The number of hydrogen-bond donors (Lipinski definition) is 1. The summed E-state index contributed by atoms with van der Waals surface area (Å²) in [4.78, 5) is 8.89. The Balaban J connectivity index is 2.23. The summed E-state index contributed by atoms with van der Waals surface area (Å²) in [6.07, 6.45) is 2.57. The van der Waals surface area contributed by atoms with E-state index in [-0.39, 0.29) is 6.04 Å². The highest BCUT2D eigenvalue weighted by Crippen LogP contribution is 2.16. The van der Waals surface area contributed by atoms with Gasteiger partial charge in [0.2, 0.25) is 0 Å². The van der Waals surface area contributed by atoms with Crippen molar-refractivity contribution >= 4 is 15.9 Å². The van der Waals surface area contributed by atoms with Crippen molar-refractivity contribution in [1.82, 2.24) is 9.97 Å². The van der Waals surface area contributed by atoms with Crippen LogP contribution in [0.25, 0.3) is 0 Å². The standard InChI is InChI=1S/C14H16BrN3/c1-9(16)13-8-17-14(18-10(13)2)7-11-4-3-5-12(15)6-11/h3-6,8-9H,7,16H2,1-2H3. The second-order valence-electron chi connectivity index (χ2n) is 4.42. The molecule has 1 aromatic carbocycles. The molecule has 1 heterocycles. The molecule has 0 spiro atoms. The number of aryl methyl sites for hydroxylation is 1. The summed E-state index contributed by atoms with van der Waals surface area (Å²) in [6, 6.07) is 8.16. The Hall–Kier alpha value is -1.26. The highest BCUT2D eigenvalue weighted by Gasteiger charge is 2.07. The van der Waals surface area contributed by atoms with Crippen LogP contribution in [0.15, 0.2) is 34.9 Å². The molecule has 1 aromatic heterocycles. The Morgan fingerprint density at radius 2 is 2.17 bits per heavy atom. The van der Waals surface area contributed by atoms with E-state index in [1.165, 1.54) is 5.56 Å². The van der Waals surface area contributed by atoms with Gasteiger partial charge < -0.3 is 5.73 Å². The van der Waals surface area contributed by atoms with E-state index < -0.39 is 0 Å². The maximum absolute atomic E-state index is 5.85. The minimum atomic E-state index is -0.0232. The largest absolute Gasteiger partial charge is 0.324 e. The van der Waals surface area contributed by atoms with E-state index in [0.29, 0.717) is 0 Å². The molecular weight excluding hydrogens is 290 g/mol. The fraction of sp³-hybridized carbons (Fsp3) is 0.286. The van der Waals surface area contributed by atoms with Gasteiger partial charge in [-0.3, -0.25) is 0 Å². The van der Waals surface area contributed by atoms with Gasteiger partial charge in [-0.15, -0.1) is 0 Å². The van der Waals surface area contributed by atoms with Crippen LogP contribution in [0.5, 0.6) is 0 Å². The second-order valence-corrected chi connectivity index (χ2v) is 5.34. The Labute approximate surface area is 116 Å². The van der Waals surface area contributed by atoms with E-state index in [4.69, 9.17) is 5.73 Å². The van der Waals surface area contributed by atoms with E-state index in [1.807, 2.05) is 32.2 Å². The van der Waals surface area contributed by atoms with Crippen molar-refractivity contribution in [1.29, 1.82) is 0 Å². The van der Waals surface area contributed by atoms with Crippen molar-refractivity contribution in [2.75, 3.05) is 0 Å². The molecule has 0 saturated heterocycles. The van der Waals surface area contributed by atoms with Gasteiger partial charge in [0.15, 0.2) is 0 Å². The number of rotatable bonds is 3. The molecule has 0 aliphatic heterocycles. The van der Waals surface area contributed by atoms with Gasteiger partial charge in [-0.05, 0) is 31.5 Å². The average Bonchev–Trinajstić information content (AvgIpc) is 2.28. The predicted octanol–water partition coefficient (Wildman–Crippen LogP) is 3.16. The molecule has 1 atom stereocenters. The Morgan fingerprint density at radius 3 is 2.78 bits per heavy atom. The van der Waals surface area contributed by atoms with Gasteiger partial charge in [0.1, 0.15) is 5.82 Å². The average molecular weight is 306 g/mol. The smallest absolute Gasteiger partial charge is 0.132 e. The van der Waals surface area contributed by atoms with Crippen molar-refractivity contribution in [2.45, 2.75) is 26.3 Å². The third-order valence-corrected chi connectivity index (χ3v) is 3.30. The van der Waals surface area contributed by atoms with E-state index in [9.17, 15) is 0 Å². The molecule has 0 radical (unpaired) electrons. The van der Waals surface area contributed by atoms with Crippen molar-refractivity contribution in [3.05, 3.63) is 57.6 Å².